The number of nitrogens with zero attached hydrogens (tertiary/aromatic N) is 1. The summed E-state index contributed by atoms with van der Waals surface area (Å²) in [6.45, 7) is 19.8. The zero-order valence-corrected chi connectivity index (χ0v) is 32.5. The number of morpholine rings is 1. The number of carbonyl (C=O) groups is 1. The first-order valence-electron chi connectivity index (χ1n) is 20.9. The third-order valence-corrected chi connectivity index (χ3v) is 17.7. The number of ether oxygens (including phenoxy) is 5. The molecule has 0 radical (unpaired) electrons. The molecule has 9 nitrogen and oxygen atoms in total. The molecule has 9 rings (SSSR count). The first-order chi connectivity index (χ1) is 24.0. The van der Waals surface area contributed by atoms with Crippen LogP contribution in [0.2, 0.25) is 0 Å². The highest BCUT2D eigenvalue weighted by molar-refractivity contribution is 5.70. The molecule has 6 aliphatic carbocycles. The number of hydrogen-bond donors (Lipinski definition) is 2. The molecule has 0 amide bonds. The molecule has 2 spiro atoms. The van der Waals surface area contributed by atoms with Crippen molar-refractivity contribution in [3.05, 3.63) is 0 Å². The minimum absolute atomic E-state index is 0.0492. The van der Waals surface area contributed by atoms with Crippen molar-refractivity contribution in [2.75, 3.05) is 32.9 Å². The molecule has 9 aliphatic rings. The van der Waals surface area contributed by atoms with Gasteiger partial charge in [-0.15, -0.1) is 0 Å². The van der Waals surface area contributed by atoms with Crippen LogP contribution in [0.25, 0.3) is 0 Å². The van der Waals surface area contributed by atoms with Gasteiger partial charge in [0, 0.05) is 18.4 Å². The molecule has 0 aromatic carbocycles. The lowest BCUT2D eigenvalue weighted by molar-refractivity contribution is -0.256. The largest absolute Gasteiger partial charge is 0.457 e. The fraction of sp³-hybridized carbons (Fsp3) is 0.976. The molecule has 3 saturated heterocycles. The van der Waals surface area contributed by atoms with Crippen LogP contribution in [0.3, 0.4) is 0 Å². The van der Waals surface area contributed by atoms with Gasteiger partial charge < -0.3 is 33.9 Å². The van der Waals surface area contributed by atoms with Gasteiger partial charge in [-0.2, -0.15) is 0 Å². The number of aliphatic hydroxyl groups is 2. The van der Waals surface area contributed by atoms with E-state index in [-0.39, 0.29) is 58.0 Å². The summed E-state index contributed by atoms with van der Waals surface area (Å²) < 4.78 is 31.7. The quantitative estimate of drug-likeness (QED) is 0.306. The van der Waals surface area contributed by atoms with Gasteiger partial charge in [0.15, 0.2) is 12.4 Å². The van der Waals surface area contributed by atoms with E-state index in [2.05, 4.69) is 39.5 Å². The van der Waals surface area contributed by atoms with Crippen LogP contribution >= 0.6 is 0 Å². The van der Waals surface area contributed by atoms with E-state index in [1.807, 2.05) is 0 Å². The van der Waals surface area contributed by atoms with Crippen molar-refractivity contribution >= 4 is 5.97 Å². The number of aliphatic hydroxyl groups excluding tert-OH is 1. The Morgan fingerprint density at radius 1 is 1.00 bits per heavy atom. The summed E-state index contributed by atoms with van der Waals surface area (Å²) in [6.07, 6.45) is 9.42. The van der Waals surface area contributed by atoms with Gasteiger partial charge in [0.2, 0.25) is 0 Å². The Kier molecular flexibility index (Phi) is 8.33. The highest BCUT2D eigenvalue weighted by atomic mass is 16.7. The van der Waals surface area contributed by atoms with Crippen LogP contribution < -0.4 is 0 Å². The molecular formula is C42H67NO8. The second-order valence-corrected chi connectivity index (χ2v) is 20.9. The van der Waals surface area contributed by atoms with Gasteiger partial charge in [0.1, 0.15) is 0 Å². The minimum atomic E-state index is -1.24. The molecular weight excluding hydrogens is 646 g/mol. The van der Waals surface area contributed by atoms with Gasteiger partial charge in [-0.05, 0) is 129 Å². The Bertz CT molecular complexity index is 1370. The topological polar surface area (TPSA) is 107 Å². The van der Waals surface area contributed by atoms with Gasteiger partial charge in [-0.1, -0.05) is 34.6 Å². The smallest absolute Gasteiger partial charge is 0.306 e. The molecule has 9 heteroatoms. The summed E-state index contributed by atoms with van der Waals surface area (Å²) >= 11 is 0. The van der Waals surface area contributed by atoms with E-state index in [1.54, 1.807) is 13.8 Å². The Hall–Kier alpha value is -0.810. The second kappa shape index (κ2) is 11.8. The first kappa shape index (κ1) is 35.9. The SMILES string of the molecule is C[C@@H]1CC([C@H](OC(=O)CC2CC2)C(C)(C)O)OC2[C@H]1[C@@]1(C)CC[C@@]34C[C@@]35CC[C@H](O[C@H]3CN(C6COC6)CCO3)C(C)(C)[C@@H]5CCC4[C@]1(C)[C@H]2O. The van der Waals surface area contributed by atoms with Gasteiger partial charge in [0.25, 0.3) is 0 Å². The maximum Gasteiger partial charge on any atom is 0.306 e. The second-order valence-electron chi connectivity index (χ2n) is 20.9. The number of esters is 1. The summed E-state index contributed by atoms with van der Waals surface area (Å²) in [4.78, 5) is 15.4. The number of rotatable bonds is 8. The van der Waals surface area contributed by atoms with Crippen molar-refractivity contribution in [3.63, 3.8) is 0 Å². The van der Waals surface area contributed by atoms with Gasteiger partial charge >= 0.3 is 5.97 Å². The van der Waals surface area contributed by atoms with E-state index < -0.39 is 23.9 Å². The molecule has 0 bridgehead atoms. The summed E-state index contributed by atoms with van der Waals surface area (Å²) in [6, 6.07) is 0.508. The highest BCUT2D eigenvalue weighted by Crippen LogP contribution is 2.89. The lowest BCUT2D eigenvalue weighted by Crippen LogP contribution is -2.60. The molecule has 3 unspecified atom stereocenters. The first-order valence-corrected chi connectivity index (χ1v) is 20.9. The van der Waals surface area contributed by atoms with E-state index in [0.29, 0.717) is 35.6 Å². The van der Waals surface area contributed by atoms with Crippen LogP contribution in [-0.2, 0) is 28.5 Å². The van der Waals surface area contributed by atoms with Crippen molar-refractivity contribution < 1.29 is 38.7 Å². The third-order valence-electron chi connectivity index (χ3n) is 17.7. The Morgan fingerprint density at radius 3 is 2.41 bits per heavy atom. The molecule has 9 fully saturated rings. The summed E-state index contributed by atoms with van der Waals surface area (Å²) in [5.74, 6) is 1.74. The molecule has 0 aromatic heterocycles. The molecule has 6 saturated carbocycles. The average molecular weight is 714 g/mol. The van der Waals surface area contributed by atoms with Crippen LogP contribution in [0, 0.1) is 56.7 Å². The zero-order chi connectivity index (χ0) is 35.9. The van der Waals surface area contributed by atoms with Crippen LogP contribution in [0.1, 0.15) is 119 Å². The van der Waals surface area contributed by atoms with Gasteiger partial charge in [0.05, 0.1) is 62.4 Å². The summed E-state index contributed by atoms with van der Waals surface area (Å²) in [5, 5.41) is 24.0. The van der Waals surface area contributed by atoms with Crippen molar-refractivity contribution in [2.24, 2.45) is 56.7 Å². The van der Waals surface area contributed by atoms with Crippen molar-refractivity contribution in [1.29, 1.82) is 0 Å². The Morgan fingerprint density at radius 2 is 1.73 bits per heavy atom. The summed E-state index contributed by atoms with van der Waals surface area (Å²) in [7, 11) is 0. The number of hydrogen-bond acceptors (Lipinski definition) is 9. The summed E-state index contributed by atoms with van der Waals surface area (Å²) in [5.41, 5.74) is -0.932. The molecule has 2 N–H and O–H groups in total. The molecule has 14 atom stereocenters. The minimum Gasteiger partial charge on any atom is -0.457 e. The van der Waals surface area contributed by atoms with E-state index in [0.717, 1.165) is 71.4 Å². The molecule has 51 heavy (non-hydrogen) atoms. The zero-order valence-electron chi connectivity index (χ0n) is 32.5. The van der Waals surface area contributed by atoms with E-state index in [1.165, 1.54) is 25.7 Å². The van der Waals surface area contributed by atoms with Crippen LogP contribution in [0.5, 0.6) is 0 Å². The predicted octanol–water partition coefficient (Wildman–Crippen LogP) is 5.72. The molecule has 0 aromatic rings. The monoisotopic (exact) mass is 713 g/mol. The van der Waals surface area contributed by atoms with Crippen molar-refractivity contribution in [1.82, 2.24) is 4.90 Å². The fourth-order valence-corrected chi connectivity index (χ4v) is 14.8. The lowest BCUT2D eigenvalue weighted by atomic mass is 9.41. The third kappa shape index (κ3) is 5.13. The van der Waals surface area contributed by atoms with E-state index >= 15 is 0 Å². The molecule has 288 valence electrons. The van der Waals surface area contributed by atoms with Gasteiger partial charge in [-0.3, -0.25) is 9.69 Å². The normalized spacial score (nSPS) is 51.2. The Labute approximate surface area is 306 Å². The maximum absolute atomic E-state index is 12.9. The standard InChI is InChI=1S/C42H67NO8/c1-24-18-27(36(38(4,5)46)51-31(44)19-25-8-9-25)49-34-33(24)39(6)14-15-42-23-41(42)13-12-30(50-32-20-43(16-17-48-32)26-21-47-22-26)37(2,3)28(41)10-11-29(42)40(39,7)35(34)45/h24-30,32-36,45-46H,8-23H2,1-7H3/t24-,27?,28+,29?,30+,32+,33+,34?,35+,36+,39-,40-,41-,42+/m1/s1. The number of fused-ring (bicyclic) bond motifs is 4. The van der Waals surface area contributed by atoms with Crippen molar-refractivity contribution in [3.8, 4) is 0 Å². The van der Waals surface area contributed by atoms with E-state index in [4.69, 9.17) is 23.7 Å². The van der Waals surface area contributed by atoms with Crippen LogP contribution in [-0.4, -0.2) is 102 Å². The Balaban J connectivity index is 0.938. The van der Waals surface area contributed by atoms with Crippen LogP contribution in [0.4, 0.5) is 0 Å². The number of carbonyl (C=O) groups excluding carboxylic acids is 1. The van der Waals surface area contributed by atoms with Crippen molar-refractivity contribution in [2.45, 2.75) is 168 Å². The lowest BCUT2D eigenvalue weighted by Gasteiger charge is -2.64. The molecule has 3 heterocycles. The fourth-order valence-electron chi connectivity index (χ4n) is 14.8. The highest BCUT2D eigenvalue weighted by Gasteiger charge is 2.84. The maximum atomic E-state index is 12.9. The van der Waals surface area contributed by atoms with Crippen LogP contribution in [0.15, 0.2) is 0 Å². The average Bonchev–Trinajstić information content (AvgIpc) is 3.95. The molecule has 3 aliphatic heterocycles. The van der Waals surface area contributed by atoms with Gasteiger partial charge in [-0.25, -0.2) is 0 Å². The predicted molar refractivity (Wildman–Crippen MR) is 190 cm³/mol. The van der Waals surface area contributed by atoms with E-state index in [9.17, 15) is 15.0 Å².